The van der Waals surface area contributed by atoms with Crippen LogP contribution < -0.4 is 20.9 Å². The lowest BCUT2D eigenvalue weighted by Crippen LogP contribution is -2.48. The average molecular weight is 573 g/mol. The number of hydrogen-bond donors (Lipinski definition) is 3. The summed E-state index contributed by atoms with van der Waals surface area (Å²) in [4.78, 5) is 43.8. The first-order valence-electron chi connectivity index (χ1n) is 13.5. The molecule has 212 valence electrons. The van der Waals surface area contributed by atoms with Crippen molar-refractivity contribution in [3.05, 3.63) is 82.9 Å². The van der Waals surface area contributed by atoms with Gasteiger partial charge in [-0.25, -0.2) is 0 Å². The normalized spacial score (nSPS) is 16.5. The molecule has 2 aliphatic rings. The predicted octanol–water partition coefficient (Wildman–Crippen LogP) is 4.44. The van der Waals surface area contributed by atoms with E-state index in [4.69, 9.17) is 11.6 Å². The van der Waals surface area contributed by atoms with E-state index < -0.39 is 0 Å². The van der Waals surface area contributed by atoms with Gasteiger partial charge in [0.1, 0.15) is 0 Å². The smallest absolute Gasteiger partial charge is 0.258 e. The van der Waals surface area contributed by atoms with E-state index in [1.54, 1.807) is 36.2 Å². The summed E-state index contributed by atoms with van der Waals surface area (Å²) < 4.78 is 0. The van der Waals surface area contributed by atoms with E-state index in [0.29, 0.717) is 34.2 Å². The number of piperazine rings is 1. The van der Waals surface area contributed by atoms with Crippen LogP contribution in [0.1, 0.15) is 18.1 Å². The number of hydrogen-bond acceptors (Lipinski definition) is 6. The van der Waals surface area contributed by atoms with Crippen LogP contribution in [0.3, 0.4) is 0 Å². The molecule has 3 N–H and O–H groups in total. The second-order valence-corrected chi connectivity index (χ2v) is 10.8. The lowest BCUT2D eigenvalue weighted by molar-refractivity contribution is -0.120. The van der Waals surface area contributed by atoms with Crippen molar-refractivity contribution in [3.8, 4) is 0 Å². The number of carbonyl (C=O) groups is 3. The van der Waals surface area contributed by atoms with Gasteiger partial charge in [-0.3, -0.25) is 19.3 Å². The Bertz CT molecular complexity index is 1500. The van der Waals surface area contributed by atoms with Gasteiger partial charge in [-0.15, -0.1) is 0 Å². The molecule has 41 heavy (non-hydrogen) atoms. The quantitative estimate of drug-likeness (QED) is 0.362. The fourth-order valence-electron chi connectivity index (χ4n) is 4.96. The van der Waals surface area contributed by atoms with E-state index in [0.717, 1.165) is 48.7 Å². The zero-order valence-electron chi connectivity index (χ0n) is 23.3. The molecule has 10 heteroatoms. The number of rotatable bonds is 7. The summed E-state index contributed by atoms with van der Waals surface area (Å²) in [5, 5.41) is 9.63. The summed E-state index contributed by atoms with van der Waals surface area (Å²) in [6.45, 7) is 5.51. The van der Waals surface area contributed by atoms with Gasteiger partial charge in [0.15, 0.2) is 0 Å². The minimum absolute atomic E-state index is 0.0372. The summed E-state index contributed by atoms with van der Waals surface area (Å²) in [7, 11) is 3.88. The highest BCUT2D eigenvalue weighted by Crippen LogP contribution is 2.39. The molecule has 0 bridgehead atoms. The number of likely N-dealkylation sites (N-methyl/N-ethyl adjacent to an activating group) is 2. The van der Waals surface area contributed by atoms with Crippen molar-refractivity contribution >= 4 is 63.3 Å². The number of anilines is 4. The van der Waals surface area contributed by atoms with E-state index in [9.17, 15) is 14.4 Å². The first-order valence-corrected chi connectivity index (χ1v) is 13.8. The van der Waals surface area contributed by atoms with Crippen LogP contribution in [0.4, 0.5) is 22.7 Å². The van der Waals surface area contributed by atoms with Crippen molar-refractivity contribution in [2.75, 3.05) is 67.7 Å². The zero-order valence-corrected chi connectivity index (χ0v) is 24.1. The molecule has 0 radical (unpaired) electrons. The van der Waals surface area contributed by atoms with Crippen molar-refractivity contribution in [1.29, 1.82) is 0 Å². The highest BCUT2D eigenvalue weighted by atomic mass is 35.5. The summed E-state index contributed by atoms with van der Waals surface area (Å²) in [6, 6.07) is 20.1. The molecule has 0 atom stereocenters. The van der Waals surface area contributed by atoms with E-state index in [2.05, 4.69) is 32.8 Å². The second kappa shape index (κ2) is 12.1. The molecule has 3 aromatic carbocycles. The molecule has 0 spiro atoms. The van der Waals surface area contributed by atoms with Gasteiger partial charge in [0.25, 0.3) is 5.91 Å². The van der Waals surface area contributed by atoms with Gasteiger partial charge < -0.3 is 25.8 Å². The maximum Gasteiger partial charge on any atom is 0.258 e. The molecule has 9 nitrogen and oxygen atoms in total. The monoisotopic (exact) mass is 572 g/mol. The molecule has 2 aliphatic heterocycles. The largest absolute Gasteiger partial charge is 0.354 e. The van der Waals surface area contributed by atoms with Crippen molar-refractivity contribution in [2.45, 2.75) is 6.92 Å². The summed E-state index contributed by atoms with van der Waals surface area (Å²) >= 11 is 6.18. The maximum absolute atomic E-state index is 13.2. The van der Waals surface area contributed by atoms with Crippen LogP contribution >= 0.6 is 11.6 Å². The summed E-state index contributed by atoms with van der Waals surface area (Å²) in [5.74, 6) is -0.376. The molecular formula is C31H33ClN6O3. The second-order valence-electron chi connectivity index (χ2n) is 10.4. The van der Waals surface area contributed by atoms with Crippen LogP contribution in [0.25, 0.3) is 11.3 Å². The molecule has 0 unspecified atom stereocenters. The van der Waals surface area contributed by atoms with Crippen molar-refractivity contribution in [2.24, 2.45) is 0 Å². The third kappa shape index (κ3) is 6.59. The van der Waals surface area contributed by atoms with Crippen LogP contribution in [0, 0.1) is 0 Å². The lowest BCUT2D eigenvalue weighted by Gasteiger charge is -2.32. The molecule has 3 amide bonds. The Labute approximate surface area is 244 Å². The van der Waals surface area contributed by atoms with E-state index >= 15 is 0 Å². The third-order valence-corrected chi connectivity index (χ3v) is 7.56. The number of fused-ring (bicyclic) bond motifs is 1. The number of halogens is 1. The number of nitrogens with zero attached hydrogens (tertiary/aromatic N) is 3. The summed E-state index contributed by atoms with van der Waals surface area (Å²) in [5.41, 5.74) is 5.40. The third-order valence-electron chi connectivity index (χ3n) is 7.32. The highest BCUT2D eigenvalue weighted by Gasteiger charge is 2.29. The molecule has 1 fully saturated rings. The first kappa shape index (κ1) is 28.4. The topological polar surface area (TPSA) is 97.0 Å². The van der Waals surface area contributed by atoms with Gasteiger partial charge >= 0.3 is 0 Å². The van der Waals surface area contributed by atoms with Crippen LogP contribution in [0.15, 0.2) is 66.7 Å². The Kier molecular flexibility index (Phi) is 8.39. The Morgan fingerprint density at radius 3 is 2.22 bits per heavy atom. The Morgan fingerprint density at radius 2 is 1.56 bits per heavy atom. The fraction of sp³-hybridized carbons (Fsp3) is 0.258. The molecule has 0 saturated carbocycles. The van der Waals surface area contributed by atoms with Gasteiger partial charge in [0.05, 0.1) is 23.5 Å². The standard InChI is InChI=1S/C31H33ClN6O3/c1-20(39)33-23-7-4-21(5-8-23)30(29-26-13-6-22(32)18-27(26)35-31(29)41)34-24-9-11-25(12-10-24)37(3)28(40)19-38-16-14-36(2)15-17-38/h4-13,18,34H,14-17,19H2,1-3H3,(H,33,39)(H,35,41)/b30-29-. The number of nitrogens with one attached hydrogen (secondary N) is 3. The maximum atomic E-state index is 13.2. The number of amides is 3. The number of benzene rings is 3. The van der Waals surface area contributed by atoms with E-state index in [1.807, 2.05) is 42.5 Å². The Morgan fingerprint density at radius 1 is 0.927 bits per heavy atom. The number of carbonyl (C=O) groups excluding carboxylic acids is 3. The molecule has 5 rings (SSSR count). The molecule has 3 aromatic rings. The molecule has 0 aromatic heterocycles. The van der Waals surface area contributed by atoms with Crippen molar-refractivity contribution < 1.29 is 14.4 Å². The van der Waals surface area contributed by atoms with Crippen LogP contribution in [0.2, 0.25) is 5.02 Å². The summed E-state index contributed by atoms with van der Waals surface area (Å²) in [6.07, 6.45) is 0. The van der Waals surface area contributed by atoms with Crippen molar-refractivity contribution in [1.82, 2.24) is 9.80 Å². The van der Waals surface area contributed by atoms with Gasteiger partial charge in [0, 0.05) is 67.8 Å². The molecule has 1 saturated heterocycles. The van der Waals surface area contributed by atoms with Crippen LogP contribution in [0.5, 0.6) is 0 Å². The highest BCUT2D eigenvalue weighted by molar-refractivity contribution is 6.38. The predicted molar refractivity (Wildman–Crippen MR) is 165 cm³/mol. The van der Waals surface area contributed by atoms with E-state index in [1.165, 1.54) is 6.92 Å². The van der Waals surface area contributed by atoms with Gasteiger partial charge in [0.2, 0.25) is 11.8 Å². The minimum atomic E-state index is -0.249. The van der Waals surface area contributed by atoms with Crippen LogP contribution in [-0.2, 0) is 14.4 Å². The van der Waals surface area contributed by atoms with Gasteiger partial charge in [-0.05, 0) is 61.1 Å². The van der Waals surface area contributed by atoms with Gasteiger partial charge in [-0.1, -0.05) is 29.8 Å². The Balaban J connectivity index is 1.41. The fourth-order valence-corrected chi connectivity index (χ4v) is 5.13. The molecular weight excluding hydrogens is 540 g/mol. The first-order chi connectivity index (χ1) is 19.7. The van der Waals surface area contributed by atoms with Crippen LogP contribution in [-0.4, -0.2) is 74.3 Å². The molecule has 0 aliphatic carbocycles. The molecule has 2 heterocycles. The van der Waals surface area contributed by atoms with Gasteiger partial charge in [-0.2, -0.15) is 0 Å². The lowest BCUT2D eigenvalue weighted by atomic mass is 9.99. The minimum Gasteiger partial charge on any atom is -0.354 e. The average Bonchev–Trinajstić information content (AvgIpc) is 3.27. The Hall–Kier alpha value is -4.18. The van der Waals surface area contributed by atoms with E-state index in [-0.39, 0.29) is 17.7 Å². The van der Waals surface area contributed by atoms with Crippen molar-refractivity contribution in [3.63, 3.8) is 0 Å². The zero-order chi connectivity index (χ0) is 29.1. The SMILES string of the molecule is CC(=O)Nc1ccc(/C(Nc2ccc(N(C)C(=O)CN3CCN(C)CC3)cc2)=C2/C(=O)Nc3cc(Cl)ccc32)cc1.